The third-order valence-electron chi connectivity index (χ3n) is 3.86. The molecular formula is C19H18N2O3S. The maximum absolute atomic E-state index is 12.4. The topological polar surface area (TPSA) is 66.5 Å². The van der Waals surface area contributed by atoms with Crippen LogP contribution in [0.4, 0.5) is 5.69 Å². The number of nitrogens with zero attached hydrogens (tertiary/aromatic N) is 1. The van der Waals surface area contributed by atoms with Crippen LogP contribution in [0.3, 0.4) is 0 Å². The summed E-state index contributed by atoms with van der Waals surface area (Å²) in [5.41, 5.74) is 1.63. The number of benzene rings is 2. The third kappa shape index (κ3) is 4.48. The van der Waals surface area contributed by atoms with Crippen LogP contribution in [-0.2, 0) is 20.9 Å². The second-order valence-corrected chi connectivity index (χ2v) is 6.91. The van der Waals surface area contributed by atoms with E-state index in [4.69, 9.17) is 0 Å². The lowest BCUT2D eigenvalue weighted by atomic mass is 10.2. The van der Waals surface area contributed by atoms with Crippen molar-refractivity contribution in [3.63, 3.8) is 0 Å². The fourth-order valence-electron chi connectivity index (χ4n) is 2.61. The van der Waals surface area contributed by atoms with Crippen molar-refractivity contribution in [2.45, 2.75) is 18.2 Å². The first-order valence-corrected chi connectivity index (χ1v) is 9.03. The Morgan fingerprint density at radius 2 is 1.68 bits per heavy atom. The minimum atomic E-state index is -0.488. The molecule has 0 spiro atoms. The van der Waals surface area contributed by atoms with Gasteiger partial charge in [0.05, 0.1) is 17.5 Å². The van der Waals surface area contributed by atoms with Crippen LogP contribution in [0.1, 0.15) is 12.0 Å². The van der Waals surface area contributed by atoms with Crippen LogP contribution in [0.25, 0.3) is 0 Å². The van der Waals surface area contributed by atoms with Crippen LogP contribution in [0.5, 0.6) is 0 Å². The Kier molecular flexibility index (Phi) is 5.50. The Labute approximate surface area is 150 Å². The molecule has 1 aliphatic heterocycles. The number of hydrogen-bond acceptors (Lipinski definition) is 4. The fourth-order valence-corrected chi connectivity index (χ4v) is 3.56. The zero-order chi connectivity index (χ0) is 17.6. The van der Waals surface area contributed by atoms with Gasteiger partial charge in [-0.05, 0) is 17.7 Å². The minimum Gasteiger partial charge on any atom is -0.325 e. The molecule has 128 valence electrons. The van der Waals surface area contributed by atoms with E-state index in [-0.39, 0.29) is 36.4 Å². The average Bonchev–Trinajstić information content (AvgIpc) is 2.89. The van der Waals surface area contributed by atoms with Crippen molar-refractivity contribution in [2.75, 3.05) is 11.1 Å². The molecule has 1 atom stereocenters. The lowest BCUT2D eigenvalue weighted by molar-refractivity contribution is -0.138. The Balaban J connectivity index is 1.52. The van der Waals surface area contributed by atoms with Crippen LogP contribution in [0.15, 0.2) is 60.7 Å². The summed E-state index contributed by atoms with van der Waals surface area (Å²) in [5.74, 6) is -0.447. The minimum absolute atomic E-state index is 0.137. The van der Waals surface area contributed by atoms with Crippen molar-refractivity contribution in [1.29, 1.82) is 0 Å². The highest BCUT2D eigenvalue weighted by atomic mass is 32.2. The van der Waals surface area contributed by atoms with Gasteiger partial charge in [-0.2, -0.15) is 0 Å². The van der Waals surface area contributed by atoms with Gasteiger partial charge in [0.1, 0.15) is 0 Å². The molecule has 3 rings (SSSR count). The number of rotatable bonds is 6. The molecule has 0 aromatic heterocycles. The second-order valence-electron chi connectivity index (χ2n) is 5.72. The van der Waals surface area contributed by atoms with Crippen molar-refractivity contribution in [1.82, 2.24) is 4.90 Å². The van der Waals surface area contributed by atoms with Crippen molar-refractivity contribution < 1.29 is 14.4 Å². The van der Waals surface area contributed by atoms with Gasteiger partial charge < -0.3 is 5.32 Å². The molecule has 1 N–H and O–H groups in total. The number of likely N-dealkylation sites (tertiary alicyclic amines) is 1. The SMILES string of the molecule is O=C(CS[C@@H]1CC(=O)N(Cc2ccccc2)C1=O)Nc1ccccc1. The third-order valence-corrected chi connectivity index (χ3v) is 5.06. The molecule has 1 fully saturated rings. The first-order valence-electron chi connectivity index (χ1n) is 7.98. The summed E-state index contributed by atoms with van der Waals surface area (Å²) in [6.07, 6.45) is 0.148. The first-order chi connectivity index (χ1) is 12.1. The number of imide groups is 1. The Hall–Kier alpha value is -2.60. The van der Waals surface area contributed by atoms with Gasteiger partial charge in [-0.1, -0.05) is 48.5 Å². The molecule has 0 bridgehead atoms. The number of nitrogens with one attached hydrogen (secondary N) is 1. The number of carbonyl (C=O) groups is 3. The van der Waals surface area contributed by atoms with Crippen molar-refractivity contribution >= 4 is 35.2 Å². The summed E-state index contributed by atoms with van der Waals surface area (Å²) in [5, 5.41) is 2.29. The summed E-state index contributed by atoms with van der Waals surface area (Å²) in [6, 6.07) is 18.6. The molecule has 5 nitrogen and oxygen atoms in total. The lowest BCUT2D eigenvalue weighted by Gasteiger charge is -2.14. The summed E-state index contributed by atoms with van der Waals surface area (Å²) < 4.78 is 0. The molecule has 1 aliphatic rings. The van der Waals surface area contributed by atoms with E-state index in [0.717, 1.165) is 5.56 Å². The molecule has 0 aliphatic carbocycles. The van der Waals surface area contributed by atoms with Gasteiger partial charge in [-0.25, -0.2) is 0 Å². The highest BCUT2D eigenvalue weighted by Gasteiger charge is 2.38. The Bertz CT molecular complexity index is 765. The van der Waals surface area contributed by atoms with Gasteiger partial charge in [-0.3, -0.25) is 19.3 Å². The van der Waals surface area contributed by atoms with Gasteiger partial charge in [-0.15, -0.1) is 11.8 Å². The van der Waals surface area contributed by atoms with Crippen LogP contribution in [0.2, 0.25) is 0 Å². The predicted octanol–water partition coefficient (Wildman–Crippen LogP) is 2.69. The maximum Gasteiger partial charge on any atom is 0.243 e. The molecule has 6 heteroatoms. The first kappa shape index (κ1) is 17.2. The van der Waals surface area contributed by atoms with E-state index >= 15 is 0 Å². The van der Waals surface area contributed by atoms with Gasteiger partial charge in [0.15, 0.2) is 0 Å². The molecule has 2 aromatic carbocycles. The number of amides is 3. The standard InChI is InChI=1S/C19H18N2O3S/c22-17(20-15-9-5-2-6-10-15)13-25-16-11-18(23)21(19(16)24)12-14-7-3-1-4-8-14/h1-10,16H,11-13H2,(H,20,22)/t16-/m1/s1. The monoisotopic (exact) mass is 354 g/mol. The van der Waals surface area contributed by atoms with Crippen molar-refractivity contribution in [2.24, 2.45) is 0 Å². The molecular weight excluding hydrogens is 336 g/mol. The van der Waals surface area contributed by atoms with E-state index in [2.05, 4.69) is 5.32 Å². The largest absolute Gasteiger partial charge is 0.325 e. The zero-order valence-corrected chi connectivity index (χ0v) is 14.4. The van der Waals surface area contributed by atoms with Crippen LogP contribution in [0, 0.1) is 0 Å². The van der Waals surface area contributed by atoms with Gasteiger partial charge in [0.2, 0.25) is 17.7 Å². The molecule has 0 unspecified atom stereocenters. The summed E-state index contributed by atoms with van der Waals surface area (Å²) in [4.78, 5) is 37.8. The molecule has 3 amide bonds. The van der Waals surface area contributed by atoms with Crippen molar-refractivity contribution in [3.05, 3.63) is 66.2 Å². The summed E-state index contributed by atoms with van der Waals surface area (Å²) >= 11 is 1.21. The van der Waals surface area contributed by atoms with E-state index in [1.54, 1.807) is 12.1 Å². The van der Waals surface area contributed by atoms with E-state index in [1.807, 2.05) is 48.5 Å². The molecule has 1 saturated heterocycles. The fraction of sp³-hybridized carbons (Fsp3) is 0.211. The normalized spacial score (nSPS) is 17.0. The maximum atomic E-state index is 12.4. The lowest BCUT2D eigenvalue weighted by Crippen LogP contribution is -2.31. The van der Waals surface area contributed by atoms with E-state index < -0.39 is 5.25 Å². The van der Waals surface area contributed by atoms with Gasteiger partial charge in [0, 0.05) is 12.1 Å². The van der Waals surface area contributed by atoms with Crippen LogP contribution in [-0.4, -0.2) is 33.6 Å². The molecule has 0 saturated carbocycles. The molecule has 0 radical (unpaired) electrons. The average molecular weight is 354 g/mol. The quantitative estimate of drug-likeness (QED) is 0.810. The van der Waals surface area contributed by atoms with Gasteiger partial charge >= 0.3 is 0 Å². The number of hydrogen-bond donors (Lipinski definition) is 1. The molecule has 25 heavy (non-hydrogen) atoms. The smallest absolute Gasteiger partial charge is 0.243 e. The Morgan fingerprint density at radius 1 is 1.04 bits per heavy atom. The predicted molar refractivity (Wildman–Crippen MR) is 97.9 cm³/mol. The summed E-state index contributed by atoms with van der Waals surface area (Å²) in [6.45, 7) is 0.284. The molecule has 1 heterocycles. The highest BCUT2D eigenvalue weighted by Crippen LogP contribution is 2.26. The molecule has 2 aromatic rings. The van der Waals surface area contributed by atoms with Crippen molar-refractivity contribution in [3.8, 4) is 0 Å². The number of carbonyl (C=O) groups excluding carboxylic acids is 3. The highest BCUT2D eigenvalue weighted by molar-refractivity contribution is 8.01. The second kappa shape index (κ2) is 7.98. The number of thioether (sulfide) groups is 1. The van der Waals surface area contributed by atoms with Gasteiger partial charge in [0.25, 0.3) is 0 Å². The zero-order valence-electron chi connectivity index (χ0n) is 13.6. The van der Waals surface area contributed by atoms with E-state index in [9.17, 15) is 14.4 Å². The number of para-hydroxylation sites is 1. The van der Waals surface area contributed by atoms with Crippen LogP contribution >= 0.6 is 11.8 Å². The van der Waals surface area contributed by atoms with E-state index in [0.29, 0.717) is 5.69 Å². The van der Waals surface area contributed by atoms with E-state index in [1.165, 1.54) is 16.7 Å². The Morgan fingerprint density at radius 3 is 2.36 bits per heavy atom. The summed E-state index contributed by atoms with van der Waals surface area (Å²) in [7, 11) is 0. The number of anilines is 1. The van der Waals surface area contributed by atoms with Crippen LogP contribution < -0.4 is 5.32 Å².